The van der Waals surface area contributed by atoms with Gasteiger partial charge in [0.1, 0.15) is 5.82 Å². The molecule has 2 rings (SSSR count). The lowest BCUT2D eigenvalue weighted by Gasteiger charge is -1.95. The molecule has 1 aromatic carbocycles. The number of rotatable bonds is 1. The van der Waals surface area contributed by atoms with Gasteiger partial charge in [0.25, 0.3) is 0 Å². The predicted molar refractivity (Wildman–Crippen MR) is 54.4 cm³/mol. The second-order valence-electron chi connectivity index (χ2n) is 2.61. The van der Waals surface area contributed by atoms with Crippen LogP contribution in [-0.4, -0.2) is 6.29 Å². The lowest BCUT2D eigenvalue weighted by molar-refractivity contribution is 0.112. The van der Waals surface area contributed by atoms with E-state index in [1.807, 2.05) is 5.38 Å². The quantitative estimate of drug-likeness (QED) is 0.567. The Hall–Kier alpha value is -0.870. The summed E-state index contributed by atoms with van der Waals surface area (Å²) in [6, 6.07) is 2.89. The highest BCUT2D eigenvalue weighted by Gasteiger charge is 2.06. The molecule has 66 valence electrons. The molecule has 0 aliphatic heterocycles. The number of aldehydes is 1. The van der Waals surface area contributed by atoms with E-state index >= 15 is 0 Å². The Morgan fingerprint density at radius 2 is 2.23 bits per heavy atom. The van der Waals surface area contributed by atoms with Crippen molar-refractivity contribution in [1.82, 2.24) is 0 Å². The minimum absolute atomic E-state index is 0.0997. The van der Waals surface area contributed by atoms with Gasteiger partial charge in [-0.1, -0.05) is 0 Å². The van der Waals surface area contributed by atoms with E-state index in [-0.39, 0.29) is 5.56 Å². The zero-order chi connectivity index (χ0) is 9.42. The van der Waals surface area contributed by atoms with Crippen LogP contribution in [0, 0.1) is 5.82 Å². The lowest BCUT2D eigenvalue weighted by atomic mass is 10.2. The third-order valence-corrected chi connectivity index (χ3v) is 3.29. The minimum Gasteiger partial charge on any atom is -0.298 e. The van der Waals surface area contributed by atoms with Gasteiger partial charge in [0.2, 0.25) is 0 Å². The highest BCUT2D eigenvalue weighted by Crippen LogP contribution is 2.30. The topological polar surface area (TPSA) is 17.1 Å². The molecular formula is C9H5FOS2. The van der Waals surface area contributed by atoms with E-state index in [0.29, 0.717) is 6.29 Å². The molecule has 1 heterocycles. The number of benzene rings is 1. The average Bonchev–Trinajstić information content (AvgIpc) is 2.47. The monoisotopic (exact) mass is 212 g/mol. The van der Waals surface area contributed by atoms with Crippen LogP contribution in [0.4, 0.5) is 4.39 Å². The van der Waals surface area contributed by atoms with Crippen molar-refractivity contribution in [2.75, 3.05) is 0 Å². The molecule has 0 amide bonds. The van der Waals surface area contributed by atoms with Crippen LogP contribution < -0.4 is 0 Å². The number of thiophene rings is 1. The van der Waals surface area contributed by atoms with Gasteiger partial charge in [-0.2, -0.15) is 0 Å². The molecule has 0 fully saturated rings. The first-order valence-electron chi connectivity index (χ1n) is 3.57. The van der Waals surface area contributed by atoms with Crippen molar-refractivity contribution in [3.8, 4) is 0 Å². The molecule has 0 saturated heterocycles. The van der Waals surface area contributed by atoms with E-state index < -0.39 is 5.82 Å². The zero-order valence-electron chi connectivity index (χ0n) is 6.45. The van der Waals surface area contributed by atoms with Crippen LogP contribution in [0.1, 0.15) is 10.4 Å². The number of fused-ring (bicyclic) bond motifs is 1. The Bertz CT molecular complexity index is 476. The summed E-state index contributed by atoms with van der Waals surface area (Å²) in [5.41, 5.74) is 0.0997. The first-order chi connectivity index (χ1) is 6.22. The van der Waals surface area contributed by atoms with Crippen molar-refractivity contribution in [3.63, 3.8) is 0 Å². The van der Waals surface area contributed by atoms with Gasteiger partial charge in [0.05, 0.1) is 5.56 Å². The van der Waals surface area contributed by atoms with Gasteiger partial charge in [-0.15, -0.1) is 24.0 Å². The Morgan fingerprint density at radius 1 is 1.46 bits per heavy atom. The molecular weight excluding hydrogens is 207 g/mol. The normalized spacial score (nSPS) is 10.6. The van der Waals surface area contributed by atoms with Gasteiger partial charge in [-0.05, 0) is 12.1 Å². The standard InChI is InChI=1S/C9H5FOS2/c10-7-2-6-8(12)4-13-9(6)1-5(7)3-11/h1-4,12H. The Kier molecular flexibility index (Phi) is 2.09. The summed E-state index contributed by atoms with van der Waals surface area (Å²) in [6.45, 7) is 0. The number of carbonyl (C=O) groups is 1. The maximum absolute atomic E-state index is 13.1. The number of hydrogen-bond donors (Lipinski definition) is 1. The van der Waals surface area contributed by atoms with Crippen molar-refractivity contribution < 1.29 is 9.18 Å². The maximum Gasteiger partial charge on any atom is 0.153 e. The van der Waals surface area contributed by atoms with Gasteiger partial charge in [-0.3, -0.25) is 4.79 Å². The Balaban J connectivity index is 2.83. The van der Waals surface area contributed by atoms with Crippen LogP contribution in [0.2, 0.25) is 0 Å². The molecule has 4 heteroatoms. The molecule has 0 saturated carbocycles. The average molecular weight is 212 g/mol. The SMILES string of the molecule is O=Cc1cc2scc(S)c2cc1F. The van der Waals surface area contributed by atoms with Gasteiger partial charge in [0, 0.05) is 20.4 Å². The fourth-order valence-electron chi connectivity index (χ4n) is 1.14. The van der Waals surface area contributed by atoms with Gasteiger partial charge < -0.3 is 0 Å². The van der Waals surface area contributed by atoms with E-state index in [1.54, 1.807) is 6.07 Å². The van der Waals surface area contributed by atoms with Crippen LogP contribution >= 0.6 is 24.0 Å². The number of thiol groups is 1. The van der Waals surface area contributed by atoms with Crippen molar-refractivity contribution >= 4 is 40.3 Å². The molecule has 2 aromatic rings. The highest BCUT2D eigenvalue weighted by atomic mass is 32.1. The fraction of sp³-hybridized carbons (Fsp3) is 0. The van der Waals surface area contributed by atoms with E-state index in [2.05, 4.69) is 12.6 Å². The summed E-state index contributed by atoms with van der Waals surface area (Å²) in [4.78, 5) is 11.2. The second-order valence-corrected chi connectivity index (χ2v) is 4.00. The molecule has 0 aliphatic carbocycles. The van der Waals surface area contributed by atoms with Crippen LogP contribution in [-0.2, 0) is 0 Å². The first-order valence-corrected chi connectivity index (χ1v) is 4.90. The third kappa shape index (κ3) is 1.36. The number of carbonyl (C=O) groups excluding carboxylic acids is 1. The van der Waals surface area contributed by atoms with E-state index in [1.165, 1.54) is 17.4 Å². The summed E-state index contributed by atoms with van der Waals surface area (Å²) in [7, 11) is 0. The zero-order valence-corrected chi connectivity index (χ0v) is 8.16. The maximum atomic E-state index is 13.1. The molecule has 0 bridgehead atoms. The summed E-state index contributed by atoms with van der Waals surface area (Å²) in [5.74, 6) is -0.490. The van der Waals surface area contributed by atoms with Crippen molar-refractivity contribution in [1.29, 1.82) is 0 Å². The molecule has 0 aliphatic rings. The smallest absolute Gasteiger partial charge is 0.153 e. The summed E-state index contributed by atoms with van der Waals surface area (Å²) < 4.78 is 14.0. The molecule has 0 radical (unpaired) electrons. The lowest BCUT2D eigenvalue weighted by Crippen LogP contribution is -1.85. The second kappa shape index (κ2) is 3.12. The van der Waals surface area contributed by atoms with Crippen molar-refractivity contribution in [2.24, 2.45) is 0 Å². The molecule has 0 spiro atoms. The van der Waals surface area contributed by atoms with Gasteiger partial charge >= 0.3 is 0 Å². The van der Waals surface area contributed by atoms with Crippen molar-refractivity contribution in [2.45, 2.75) is 4.90 Å². The molecule has 0 N–H and O–H groups in total. The van der Waals surface area contributed by atoms with E-state index in [4.69, 9.17) is 0 Å². The molecule has 1 nitrogen and oxygen atoms in total. The van der Waals surface area contributed by atoms with Gasteiger partial charge in [-0.25, -0.2) is 4.39 Å². The molecule has 13 heavy (non-hydrogen) atoms. The van der Waals surface area contributed by atoms with E-state index in [0.717, 1.165) is 15.0 Å². The fourth-order valence-corrected chi connectivity index (χ4v) is 2.42. The third-order valence-electron chi connectivity index (χ3n) is 1.80. The largest absolute Gasteiger partial charge is 0.298 e. The van der Waals surface area contributed by atoms with Gasteiger partial charge in [0.15, 0.2) is 6.29 Å². The summed E-state index contributed by atoms with van der Waals surface area (Å²) in [6.07, 6.45) is 0.521. The molecule has 0 unspecified atom stereocenters. The number of hydrogen-bond acceptors (Lipinski definition) is 3. The Morgan fingerprint density at radius 3 is 2.92 bits per heavy atom. The summed E-state index contributed by atoms with van der Waals surface area (Å²) in [5, 5.41) is 2.58. The molecule has 1 aromatic heterocycles. The highest BCUT2D eigenvalue weighted by molar-refractivity contribution is 7.80. The van der Waals surface area contributed by atoms with Crippen LogP contribution in [0.15, 0.2) is 22.4 Å². The summed E-state index contributed by atoms with van der Waals surface area (Å²) >= 11 is 5.62. The van der Waals surface area contributed by atoms with Crippen LogP contribution in [0.3, 0.4) is 0 Å². The number of halogens is 1. The minimum atomic E-state index is -0.490. The predicted octanol–water partition coefficient (Wildman–Crippen LogP) is 3.14. The van der Waals surface area contributed by atoms with Crippen LogP contribution in [0.5, 0.6) is 0 Å². The van der Waals surface area contributed by atoms with E-state index in [9.17, 15) is 9.18 Å². The first kappa shape index (κ1) is 8.72. The van der Waals surface area contributed by atoms with Crippen molar-refractivity contribution in [3.05, 3.63) is 28.9 Å². The molecule has 0 atom stereocenters. The van der Waals surface area contributed by atoms with Crippen LogP contribution in [0.25, 0.3) is 10.1 Å². The Labute approximate surface area is 83.6 Å².